The van der Waals surface area contributed by atoms with E-state index < -0.39 is 0 Å². The average Bonchev–Trinajstić information content (AvgIpc) is 2.91. The summed E-state index contributed by atoms with van der Waals surface area (Å²) < 4.78 is 0. The van der Waals surface area contributed by atoms with Crippen LogP contribution in [0.25, 0.3) is 21.7 Å². The van der Waals surface area contributed by atoms with E-state index in [2.05, 4.69) is 100 Å². The van der Waals surface area contributed by atoms with E-state index in [1.807, 2.05) is 12.3 Å². The second-order valence-corrected chi connectivity index (χ2v) is 12.1. The molecule has 2 aliphatic heterocycles. The fourth-order valence-electron chi connectivity index (χ4n) is 7.08. The molecule has 0 amide bonds. The van der Waals surface area contributed by atoms with E-state index in [1.165, 1.54) is 69.3 Å². The number of pyridine rings is 1. The van der Waals surface area contributed by atoms with Crippen molar-refractivity contribution in [2.75, 3.05) is 0 Å². The zero-order valence-corrected chi connectivity index (χ0v) is 26.7. The SMILES string of the molecule is CC(=O)/C=C(/C)O.CC1(C)c2[c-]c3c(ccc4cccnc43)c3c2B(c2ccccc21)c1ccccc1C3(C)C.[Ir]. The zero-order valence-electron chi connectivity index (χ0n) is 24.3. The smallest absolute Gasteiger partial charge is 0.192 e. The van der Waals surface area contributed by atoms with Crippen LogP contribution in [0.15, 0.2) is 90.8 Å². The maximum absolute atomic E-state index is 10.0. The molecule has 0 atom stereocenters. The van der Waals surface area contributed by atoms with Crippen molar-refractivity contribution >= 4 is 50.6 Å². The van der Waals surface area contributed by atoms with Crippen molar-refractivity contribution in [2.45, 2.75) is 52.4 Å². The van der Waals surface area contributed by atoms with Crippen LogP contribution in [-0.4, -0.2) is 22.6 Å². The first-order chi connectivity index (χ1) is 19.0. The van der Waals surface area contributed by atoms with Gasteiger partial charge in [-0.05, 0) is 52.8 Å². The van der Waals surface area contributed by atoms with Gasteiger partial charge >= 0.3 is 0 Å². The number of nitrogens with zero attached hydrogens (tertiary/aromatic N) is 1. The first-order valence-electron chi connectivity index (χ1n) is 13.9. The molecule has 5 aromatic rings. The Morgan fingerprint density at radius 1 is 0.854 bits per heavy atom. The number of carbonyl (C=O) groups excluding carboxylic acids is 1. The molecule has 7 rings (SSSR count). The van der Waals surface area contributed by atoms with E-state index in [4.69, 9.17) is 10.1 Å². The molecular weight excluding hydrogens is 681 g/mol. The number of hydrogen-bond acceptors (Lipinski definition) is 3. The second kappa shape index (κ2) is 10.4. The van der Waals surface area contributed by atoms with Crippen LogP contribution in [-0.2, 0) is 35.7 Å². The number of aromatic nitrogens is 1. The Morgan fingerprint density at radius 2 is 1.46 bits per heavy atom. The van der Waals surface area contributed by atoms with Gasteiger partial charge in [-0.1, -0.05) is 105 Å². The average molecular weight is 715 g/mol. The first-order valence-corrected chi connectivity index (χ1v) is 13.9. The van der Waals surface area contributed by atoms with E-state index in [0.29, 0.717) is 0 Å². The van der Waals surface area contributed by atoms with Crippen LogP contribution in [0.4, 0.5) is 0 Å². The van der Waals surface area contributed by atoms with Crippen LogP contribution < -0.4 is 16.4 Å². The number of rotatable bonds is 1. The van der Waals surface area contributed by atoms with Crippen LogP contribution in [0.3, 0.4) is 0 Å². The normalized spacial score (nSPS) is 15.6. The zero-order chi connectivity index (χ0) is 28.4. The van der Waals surface area contributed by atoms with E-state index >= 15 is 0 Å². The van der Waals surface area contributed by atoms with Gasteiger partial charge in [-0.2, -0.15) is 0 Å². The molecule has 1 N–H and O–H groups in total. The van der Waals surface area contributed by atoms with E-state index in [9.17, 15) is 4.79 Å². The summed E-state index contributed by atoms with van der Waals surface area (Å²) in [5, 5.41) is 12.0. The molecule has 0 unspecified atom stereocenters. The number of hydrogen-bond donors (Lipinski definition) is 1. The molecule has 0 fully saturated rings. The molecule has 0 spiro atoms. The standard InChI is InChI=1S/C31H25BN.C5H8O2.Ir/c1-30(2)22-11-5-7-13-25(22)32-26-14-8-6-12-23(26)31(3,4)27-20-16-15-19-10-9-17-33-29(19)21(20)18-24(30)28(27)32;1-4(6)3-5(2)7;/h5-17H,1-4H3;3,6H,1-2H3;/q-1;;/b;4-3-;. The summed E-state index contributed by atoms with van der Waals surface area (Å²) >= 11 is 0. The molecule has 1 aromatic heterocycles. The van der Waals surface area contributed by atoms with Gasteiger partial charge in [-0.25, -0.2) is 0 Å². The Kier molecular flexibility index (Phi) is 7.34. The third kappa shape index (κ3) is 4.47. The molecule has 3 nitrogen and oxygen atoms in total. The van der Waals surface area contributed by atoms with Gasteiger partial charge in [0, 0.05) is 32.4 Å². The van der Waals surface area contributed by atoms with Crippen molar-refractivity contribution < 1.29 is 30.0 Å². The van der Waals surface area contributed by atoms with Crippen LogP contribution in [0, 0.1) is 6.07 Å². The number of benzene rings is 4. The number of aliphatic hydroxyl groups is 1. The number of allylic oxidation sites excluding steroid dienone is 2. The molecular formula is C36H33BIrNO2-. The van der Waals surface area contributed by atoms with Gasteiger partial charge in [0.2, 0.25) is 0 Å². The molecule has 207 valence electrons. The van der Waals surface area contributed by atoms with Gasteiger partial charge in [0.25, 0.3) is 0 Å². The minimum atomic E-state index is -0.134. The van der Waals surface area contributed by atoms with Gasteiger partial charge < -0.3 is 10.1 Å². The van der Waals surface area contributed by atoms with E-state index in [0.717, 1.165) is 10.9 Å². The van der Waals surface area contributed by atoms with Crippen LogP contribution in [0.1, 0.15) is 63.8 Å². The van der Waals surface area contributed by atoms with Gasteiger partial charge in [0.05, 0.1) is 5.76 Å². The molecule has 0 saturated carbocycles. The summed E-state index contributed by atoms with van der Waals surface area (Å²) in [7, 11) is 0. The molecule has 4 aromatic carbocycles. The van der Waals surface area contributed by atoms with Gasteiger partial charge in [0.15, 0.2) is 12.5 Å². The fraction of sp³-hybridized carbons (Fsp3) is 0.222. The summed E-state index contributed by atoms with van der Waals surface area (Å²) in [5.41, 5.74) is 10.7. The minimum Gasteiger partial charge on any atom is -0.512 e. The second-order valence-electron chi connectivity index (χ2n) is 12.1. The van der Waals surface area contributed by atoms with Crippen LogP contribution in [0.5, 0.6) is 0 Å². The van der Waals surface area contributed by atoms with Gasteiger partial charge in [-0.3, -0.25) is 4.79 Å². The van der Waals surface area contributed by atoms with Crippen molar-refractivity contribution in [1.82, 2.24) is 4.98 Å². The van der Waals surface area contributed by atoms with Crippen molar-refractivity contribution in [3.05, 3.63) is 119 Å². The Labute approximate surface area is 256 Å². The molecule has 0 saturated heterocycles. The summed E-state index contributed by atoms with van der Waals surface area (Å²) in [6.45, 7) is 12.6. The Bertz CT molecular complexity index is 1860. The summed E-state index contributed by atoms with van der Waals surface area (Å²) in [6.07, 6.45) is 3.07. The van der Waals surface area contributed by atoms with Crippen LogP contribution in [0.2, 0.25) is 0 Å². The fourth-order valence-corrected chi connectivity index (χ4v) is 7.08. The maximum Gasteiger partial charge on any atom is 0.192 e. The number of fused-ring (bicyclic) bond motifs is 8. The van der Waals surface area contributed by atoms with Crippen molar-refractivity contribution in [2.24, 2.45) is 0 Å². The monoisotopic (exact) mass is 715 g/mol. The first kappa shape index (κ1) is 29.0. The molecule has 0 aliphatic carbocycles. The van der Waals surface area contributed by atoms with Crippen molar-refractivity contribution in [1.29, 1.82) is 0 Å². The predicted octanol–water partition coefficient (Wildman–Crippen LogP) is 6.02. The Morgan fingerprint density at radius 3 is 2.05 bits per heavy atom. The third-order valence-electron chi connectivity index (χ3n) is 8.67. The third-order valence-corrected chi connectivity index (χ3v) is 8.67. The molecule has 3 heterocycles. The molecule has 5 heteroatoms. The van der Waals surface area contributed by atoms with E-state index in [-0.39, 0.29) is 49.2 Å². The quantitative estimate of drug-likeness (QED) is 0.0761. The Balaban J connectivity index is 0.000000379. The molecule has 2 aliphatic rings. The number of carbonyl (C=O) groups is 1. The largest absolute Gasteiger partial charge is 0.512 e. The number of ketones is 1. The van der Waals surface area contributed by atoms with Crippen molar-refractivity contribution in [3.63, 3.8) is 0 Å². The molecule has 1 radical (unpaired) electrons. The summed E-state index contributed by atoms with van der Waals surface area (Å²) in [5.74, 6) is -0.0625. The van der Waals surface area contributed by atoms with Crippen LogP contribution >= 0.6 is 0 Å². The minimum absolute atomic E-state index is 0. The Hall–Kier alpha value is -3.53. The molecule has 0 bridgehead atoms. The van der Waals surface area contributed by atoms with Gasteiger partial charge in [0.1, 0.15) is 0 Å². The van der Waals surface area contributed by atoms with Crippen molar-refractivity contribution in [3.8, 4) is 0 Å². The van der Waals surface area contributed by atoms with E-state index in [1.54, 1.807) is 0 Å². The maximum atomic E-state index is 10.0. The predicted molar refractivity (Wildman–Crippen MR) is 167 cm³/mol. The summed E-state index contributed by atoms with van der Waals surface area (Å²) in [6, 6.07) is 30.8. The summed E-state index contributed by atoms with van der Waals surface area (Å²) in [4.78, 5) is 14.8. The molecule has 41 heavy (non-hydrogen) atoms. The topological polar surface area (TPSA) is 50.2 Å². The number of aliphatic hydroxyl groups excluding tert-OH is 1. The van der Waals surface area contributed by atoms with Gasteiger partial charge in [-0.15, -0.1) is 33.4 Å².